The van der Waals surface area contributed by atoms with E-state index in [1.165, 1.54) is 11.8 Å². The van der Waals surface area contributed by atoms with Crippen LogP contribution in [-0.4, -0.2) is 29.1 Å². The molecule has 0 fully saturated rings. The minimum absolute atomic E-state index is 0.302. The van der Waals surface area contributed by atoms with Crippen LogP contribution in [0.4, 0.5) is 11.5 Å². The Hall–Kier alpha value is -2.67. The average Bonchev–Trinajstić information content (AvgIpc) is 2.93. The fourth-order valence-electron chi connectivity index (χ4n) is 2.14. The third-order valence-electron chi connectivity index (χ3n) is 3.12. The maximum atomic E-state index is 12.4. The summed E-state index contributed by atoms with van der Waals surface area (Å²) in [6.07, 6.45) is 2.40. The molecule has 7 heteroatoms. The Balaban J connectivity index is 1.84. The summed E-state index contributed by atoms with van der Waals surface area (Å²) in [5.41, 5.74) is 1.63. The molecule has 1 aromatic heterocycles. The van der Waals surface area contributed by atoms with Gasteiger partial charge in [0.2, 0.25) is 6.23 Å². The minimum Gasteiger partial charge on any atom is -0.372 e. The molecule has 0 aliphatic carbocycles. The van der Waals surface area contributed by atoms with Crippen LogP contribution < -0.4 is 10.6 Å². The number of para-hydroxylation sites is 1. The molecule has 2 aromatic rings. The second kappa shape index (κ2) is 5.76. The minimum atomic E-state index is -0.871. The zero-order valence-electron chi connectivity index (χ0n) is 11.5. The zero-order chi connectivity index (χ0) is 14.7. The Bertz CT molecular complexity index is 665. The van der Waals surface area contributed by atoms with Gasteiger partial charge in [-0.3, -0.25) is 4.79 Å². The van der Waals surface area contributed by atoms with E-state index in [1.54, 1.807) is 12.5 Å². The van der Waals surface area contributed by atoms with E-state index >= 15 is 0 Å². The van der Waals surface area contributed by atoms with E-state index in [2.05, 4.69) is 20.7 Å². The third kappa shape index (κ3) is 2.63. The first-order valence-corrected chi connectivity index (χ1v) is 6.50. The first kappa shape index (κ1) is 13.3. The number of methoxy groups -OCH3 is 1. The normalized spacial score (nSPS) is 14.1. The number of aliphatic imine (C=N–C) groups is 1. The van der Waals surface area contributed by atoms with Crippen LogP contribution in [0, 0.1) is 0 Å². The van der Waals surface area contributed by atoms with Gasteiger partial charge >= 0.3 is 0 Å². The number of carbonyl (C=O) groups is 1. The number of anilines is 1. The number of hydrogen-bond acceptors (Lipinski definition) is 5. The van der Waals surface area contributed by atoms with Gasteiger partial charge in [0.15, 0.2) is 5.82 Å². The first-order valence-electron chi connectivity index (χ1n) is 6.50. The number of nitrogens with zero attached hydrogens (tertiary/aromatic N) is 3. The highest BCUT2D eigenvalue weighted by molar-refractivity contribution is 5.93. The van der Waals surface area contributed by atoms with Crippen LogP contribution in [0.5, 0.6) is 0 Å². The van der Waals surface area contributed by atoms with Crippen molar-refractivity contribution < 1.29 is 9.53 Å². The second-order valence-corrected chi connectivity index (χ2v) is 4.52. The molecule has 1 amide bonds. The lowest BCUT2D eigenvalue weighted by Gasteiger charge is -2.18. The van der Waals surface area contributed by atoms with E-state index in [9.17, 15) is 4.79 Å². The highest BCUT2D eigenvalue weighted by atomic mass is 16.5. The lowest BCUT2D eigenvalue weighted by Crippen LogP contribution is -2.28. The zero-order valence-corrected chi connectivity index (χ0v) is 11.5. The number of benzene rings is 1. The van der Waals surface area contributed by atoms with Crippen molar-refractivity contribution in [2.75, 3.05) is 12.4 Å². The molecule has 0 spiro atoms. The Morgan fingerprint density at radius 1 is 1.43 bits per heavy atom. The van der Waals surface area contributed by atoms with E-state index in [0.717, 1.165) is 5.56 Å². The number of hydrogen-bond donors (Lipinski definition) is 2. The van der Waals surface area contributed by atoms with E-state index in [0.29, 0.717) is 18.1 Å². The van der Waals surface area contributed by atoms with Crippen LogP contribution in [0.3, 0.4) is 0 Å². The molecule has 1 unspecified atom stereocenters. The Kier molecular flexibility index (Phi) is 3.65. The van der Waals surface area contributed by atoms with Crippen molar-refractivity contribution in [3.63, 3.8) is 0 Å². The van der Waals surface area contributed by atoms with Gasteiger partial charge in [-0.15, -0.1) is 0 Å². The highest BCUT2D eigenvalue weighted by Gasteiger charge is 2.25. The largest absolute Gasteiger partial charge is 0.372 e. The topological polar surface area (TPSA) is 80.5 Å². The van der Waals surface area contributed by atoms with Crippen LogP contribution in [0.25, 0.3) is 0 Å². The molecule has 1 aliphatic heterocycles. The molecule has 2 heterocycles. The van der Waals surface area contributed by atoms with Crippen LogP contribution in [-0.2, 0) is 16.1 Å². The average molecular weight is 285 g/mol. The highest BCUT2D eigenvalue weighted by Crippen LogP contribution is 2.25. The van der Waals surface area contributed by atoms with Crippen LogP contribution in [0.2, 0.25) is 0 Å². The number of rotatable bonds is 4. The van der Waals surface area contributed by atoms with Crippen molar-refractivity contribution >= 4 is 23.8 Å². The van der Waals surface area contributed by atoms with Crippen molar-refractivity contribution in [1.82, 2.24) is 15.1 Å². The van der Waals surface area contributed by atoms with Crippen LogP contribution in [0.1, 0.15) is 11.8 Å². The monoisotopic (exact) mass is 285 g/mol. The quantitative estimate of drug-likeness (QED) is 0.890. The molecule has 1 aliphatic rings. The molecule has 21 heavy (non-hydrogen) atoms. The molecule has 0 saturated heterocycles. The molecule has 1 aromatic carbocycles. The van der Waals surface area contributed by atoms with Gasteiger partial charge in [-0.05, 0) is 12.1 Å². The molecular formula is C14H15N5O2. The molecule has 0 radical (unpaired) electrons. The summed E-state index contributed by atoms with van der Waals surface area (Å²) >= 11 is 0. The number of fused-ring (bicyclic) bond motifs is 1. The molecule has 1 atom stereocenters. The SMILES string of the molecule is COC(C(=O)Nc1ccccc1)n1ncc2c1N=CNC2. The van der Waals surface area contributed by atoms with Gasteiger partial charge in [-0.25, -0.2) is 9.67 Å². The molecule has 7 nitrogen and oxygen atoms in total. The van der Waals surface area contributed by atoms with Gasteiger partial charge in [0, 0.05) is 24.9 Å². The molecule has 3 rings (SSSR count). The van der Waals surface area contributed by atoms with Crippen LogP contribution >= 0.6 is 0 Å². The molecular weight excluding hydrogens is 270 g/mol. The maximum absolute atomic E-state index is 12.4. The van der Waals surface area contributed by atoms with Crippen molar-refractivity contribution in [3.05, 3.63) is 42.1 Å². The number of amides is 1. The molecule has 2 N–H and O–H groups in total. The van der Waals surface area contributed by atoms with Crippen LogP contribution in [0.15, 0.2) is 41.5 Å². The Morgan fingerprint density at radius 3 is 3.00 bits per heavy atom. The van der Waals surface area contributed by atoms with E-state index in [-0.39, 0.29) is 5.91 Å². The lowest BCUT2D eigenvalue weighted by atomic mass is 10.3. The third-order valence-corrected chi connectivity index (χ3v) is 3.12. The lowest BCUT2D eigenvalue weighted by molar-refractivity contribution is -0.131. The summed E-state index contributed by atoms with van der Waals surface area (Å²) in [4.78, 5) is 16.6. The van der Waals surface area contributed by atoms with Gasteiger partial charge in [-0.2, -0.15) is 5.10 Å². The first-order chi connectivity index (χ1) is 10.3. The summed E-state index contributed by atoms with van der Waals surface area (Å²) in [6.45, 7) is 0.634. The second-order valence-electron chi connectivity index (χ2n) is 4.52. The molecule has 0 saturated carbocycles. The number of carbonyl (C=O) groups excluding carboxylic acids is 1. The summed E-state index contributed by atoms with van der Waals surface area (Å²) in [6, 6.07) is 9.21. The van der Waals surface area contributed by atoms with Crippen molar-refractivity contribution in [1.29, 1.82) is 0 Å². The van der Waals surface area contributed by atoms with E-state index in [4.69, 9.17) is 4.74 Å². The van der Waals surface area contributed by atoms with Crippen molar-refractivity contribution in [3.8, 4) is 0 Å². The smallest absolute Gasteiger partial charge is 0.276 e. The van der Waals surface area contributed by atoms with Gasteiger partial charge in [0.1, 0.15) is 0 Å². The van der Waals surface area contributed by atoms with Gasteiger partial charge in [0.25, 0.3) is 5.91 Å². The summed E-state index contributed by atoms with van der Waals surface area (Å²) in [5.74, 6) is 0.326. The molecule has 108 valence electrons. The summed E-state index contributed by atoms with van der Waals surface area (Å²) < 4.78 is 6.77. The number of aromatic nitrogens is 2. The number of nitrogens with one attached hydrogen (secondary N) is 2. The fraction of sp³-hybridized carbons (Fsp3) is 0.214. The maximum Gasteiger partial charge on any atom is 0.276 e. The van der Waals surface area contributed by atoms with E-state index in [1.807, 2.05) is 30.3 Å². The Labute approximate surface area is 121 Å². The number of ether oxygens (including phenoxy) is 1. The Morgan fingerprint density at radius 2 is 2.24 bits per heavy atom. The summed E-state index contributed by atoms with van der Waals surface area (Å²) in [7, 11) is 1.47. The van der Waals surface area contributed by atoms with Gasteiger partial charge in [-0.1, -0.05) is 18.2 Å². The van der Waals surface area contributed by atoms with Crippen molar-refractivity contribution in [2.45, 2.75) is 12.8 Å². The van der Waals surface area contributed by atoms with Crippen molar-refractivity contribution in [2.24, 2.45) is 4.99 Å². The van der Waals surface area contributed by atoms with Gasteiger partial charge in [0.05, 0.1) is 12.5 Å². The predicted octanol–water partition coefficient (Wildman–Crippen LogP) is 1.43. The van der Waals surface area contributed by atoms with Gasteiger partial charge < -0.3 is 15.4 Å². The standard InChI is InChI=1S/C14H15N5O2/c1-21-14(13(20)18-11-5-3-2-4-6-11)19-12-10(8-17-19)7-15-9-16-12/h2-6,8-9,14H,7H2,1H3,(H,15,16)(H,18,20). The summed E-state index contributed by atoms with van der Waals surface area (Å²) in [5, 5.41) is 10.00. The molecule has 0 bridgehead atoms. The predicted molar refractivity (Wildman–Crippen MR) is 78.3 cm³/mol. The fourth-order valence-corrected chi connectivity index (χ4v) is 2.14. The van der Waals surface area contributed by atoms with E-state index < -0.39 is 6.23 Å².